The van der Waals surface area contributed by atoms with Crippen LogP contribution in [-0.4, -0.2) is 43.7 Å². The molecular weight excluding hydrogens is 316 g/mol. The monoisotopic (exact) mass is 348 g/mol. The number of hydrogen-bond donors (Lipinski definition) is 4. The predicted octanol–water partition coefficient (Wildman–Crippen LogP) is 1.93. The van der Waals surface area contributed by atoms with Crippen LogP contribution in [0, 0.1) is 0 Å². The molecule has 1 fully saturated rings. The molecule has 1 rings (SSSR count). The predicted molar refractivity (Wildman–Crippen MR) is 96.0 cm³/mol. The van der Waals surface area contributed by atoms with Crippen molar-refractivity contribution in [3.05, 3.63) is 0 Å². The Balaban J connectivity index is 0.00000484. The molecule has 0 unspecified atom stereocenters. The molecule has 0 aromatic carbocycles. The van der Waals surface area contributed by atoms with E-state index in [4.69, 9.17) is 0 Å². The molecule has 0 aliphatic heterocycles. The van der Waals surface area contributed by atoms with Gasteiger partial charge in [-0.1, -0.05) is 26.2 Å². The summed E-state index contributed by atoms with van der Waals surface area (Å²) in [4.78, 5) is 23.4. The summed E-state index contributed by atoms with van der Waals surface area (Å²) in [5, 5.41) is 12.0. The van der Waals surface area contributed by atoms with E-state index in [9.17, 15) is 9.59 Å². The van der Waals surface area contributed by atoms with Crippen LogP contribution in [0.15, 0.2) is 0 Å². The average Bonchev–Trinajstić information content (AvgIpc) is 2.51. The maximum absolute atomic E-state index is 11.7. The molecule has 0 saturated heterocycles. The zero-order chi connectivity index (χ0) is 16.2. The Kier molecular flexibility index (Phi) is 12.8. The van der Waals surface area contributed by atoms with Crippen LogP contribution in [0.5, 0.6) is 0 Å². The third kappa shape index (κ3) is 11.2. The molecule has 0 radical (unpaired) electrons. The molecule has 1 saturated carbocycles. The first kappa shape index (κ1) is 22.0. The van der Waals surface area contributed by atoms with E-state index < -0.39 is 0 Å². The lowest BCUT2D eigenvalue weighted by molar-refractivity contribution is -0.121. The van der Waals surface area contributed by atoms with Gasteiger partial charge in [0, 0.05) is 31.6 Å². The number of hydrogen-bond acceptors (Lipinski definition) is 3. The highest BCUT2D eigenvalue weighted by molar-refractivity contribution is 5.85. The average molecular weight is 349 g/mol. The minimum Gasteiger partial charge on any atom is -0.355 e. The SMILES string of the molecule is CCN[C@H](C)CNC(=O)CCCNC(=O)NC1CCCCC1.Cl. The van der Waals surface area contributed by atoms with Crippen molar-refractivity contribution in [3.63, 3.8) is 0 Å². The number of nitrogens with one attached hydrogen (secondary N) is 4. The van der Waals surface area contributed by atoms with Crippen LogP contribution in [0.4, 0.5) is 4.79 Å². The van der Waals surface area contributed by atoms with Gasteiger partial charge in [0.25, 0.3) is 0 Å². The second-order valence-electron chi connectivity index (χ2n) is 6.10. The minimum atomic E-state index is -0.104. The molecule has 0 aromatic rings. The molecule has 1 aliphatic rings. The van der Waals surface area contributed by atoms with E-state index in [0.29, 0.717) is 32.0 Å². The summed E-state index contributed by atoms with van der Waals surface area (Å²) in [5.41, 5.74) is 0. The smallest absolute Gasteiger partial charge is 0.315 e. The highest BCUT2D eigenvalue weighted by Crippen LogP contribution is 2.17. The van der Waals surface area contributed by atoms with Crippen LogP contribution in [0.1, 0.15) is 58.8 Å². The molecule has 0 spiro atoms. The molecule has 1 aliphatic carbocycles. The first-order valence-electron chi connectivity index (χ1n) is 8.66. The molecular formula is C16H33ClN4O2. The van der Waals surface area contributed by atoms with Crippen LogP contribution >= 0.6 is 12.4 Å². The van der Waals surface area contributed by atoms with Gasteiger partial charge in [0.1, 0.15) is 0 Å². The Hall–Kier alpha value is -1.01. The Morgan fingerprint density at radius 2 is 1.83 bits per heavy atom. The normalized spacial score (nSPS) is 16.1. The van der Waals surface area contributed by atoms with E-state index in [1.807, 2.05) is 13.8 Å². The first-order chi connectivity index (χ1) is 10.6. The molecule has 0 heterocycles. The van der Waals surface area contributed by atoms with Gasteiger partial charge in [-0.25, -0.2) is 4.79 Å². The van der Waals surface area contributed by atoms with E-state index in [1.54, 1.807) is 0 Å². The summed E-state index contributed by atoms with van der Waals surface area (Å²) in [6.07, 6.45) is 6.97. The van der Waals surface area contributed by atoms with E-state index in [0.717, 1.165) is 19.4 Å². The second kappa shape index (κ2) is 13.4. The molecule has 0 bridgehead atoms. The van der Waals surface area contributed by atoms with Crippen molar-refractivity contribution < 1.29 is 9.59 Å². The van der Waals surface area contributed by atoms with Gasteiger partial charge in [0.2, 0.25) is 5.91 Å². The third-order valence-corrected chi connectivity index (χ3v) is 3.96. The summed E-state index contributed by atoms with van der Waals surface area (Å²) < 4.78 is 0. The van der Waals surface area contributed by atoms with Gasteiger partial charge in [-0.2, -0.15) is 0 Å². The van der Waals surface area contributed by atoms with Gasteiger partial charge in [-0.05, 0) is 32.7 Å². The number of carbonyl (C=O) groups is 2. The van der Waals surface area contributed by atoms with Gasteiger partial charge < -0.3 is 21.3 Å². The van der Waals surface area contributed by atoms with Crippen molar-refractivity contribution in [2.75, 3.05) is 19.6 Å². The highest BCUT2D eigenvalue weighted by atomic mass is 35.5. The Morgan fingerprint density at radius 1 is 1.13 bits per heavy atom. The molecule has 6 nitrogen and oxygen atoms in total. The highest BCUT2D eigenvalue weighted by Gasteiger charge is 2.15. The van der Waals surface area contributed by atoms with Gasteiger partial charge >= 0.3 is 6.03 Å². The van der Waals surface area contributed by atoms with Gasteiger partial charge in [0.15, 0.2) is 0 Å². The second-order valence-corrected chi connectivity index (χ2v) is 6.10. The van der Waals surface area contributed by atoms with Gasteiger partial charge in [0.05, 0.1) is 0 Å². The molecule has 3 amide bonds. The lowest BCUT2D eigenvalue weighted by Crippen LogP contribution is -2.43. The van der Waals surface area contributed by atoms with E-state index in [-0.39, 0.29) is 30.4 Å². The molecule has 23 heavy (non-hydrogen) atoms. The zero-order valence-corrected chi connectivity index (χ0v) is 15.3. The maximum atomic E-state index is 11.7. The largest absolute Gasteiger partial charge is 0.355 e. The maximum Gasteiger partial charge on any atom is 0.315 e. The number of likely N-dealkylation sites (N-methyl/N-ethyl adjacent to an activating group) is 1. The fourth-order valence-electron chi connectivity index (χ4n) is 2.71. The fraction of sp³-hybridized carbons (Fsp3) is 0.875. The summed E-state index contributed by atoms with van der Waals surface area (Å²) in [6.45, 7) is 6.16. The fourth-order valence-corrected chi connectivity index (χ4v) is 2.71. The zero-order valence-electron chi connectivity index (χ0n) is 14.5. The van der Waals surface area contributed by atoms with Crippen LogP contribution in [0.2, 0.25) is 0 Å². The van der Waals surface area contributed by atoms with Crippen LogP contribution in [0.3, 0.4) is 0 Å². The lowest BCUT2D eigenvalue weighted by Gasteiger charge is -2.22. The quantitative estimate of drug-likeness (QED) is 0.480. The topological polar surface area (TPSA) is 82.3 Å². The number of urea groups is 1. The first-order valence-corrected chi connectivity index (χ1v) is 8.66. The summed E-state index contributed by atoms with van der Waals surface area (Å²) in [6, 6.07) is 0.506. The van der Waals surface area contributed by atoms with Crippen LogP contribution < -0.4 is 21.3 Å². The summed E-state index contributed by atoms with van der Waals surface area (Å²) in [7, 11) is 0. The lowest BCUT2D eigenvalue weighted by atomic mass is 9.96. The number of amides is 3. The van der Waals surface area contributed by atoms with E-state index in [1.165, 1.54) is 19.3 Å². The number of halogens is 1. The van der Waals surface area contributed by atoms with Crippen LogP contribution in [0.25, 0.3) is 0 Å². The van der Waals surface area contributed by atoms with Crippen molar-refractivity contribution in [3.8, 4) is 0 Å². The Morgan fingerprint density at radius 3 is 2.48 bits per heavy atom. The molecule has 7 heteroatoms. The van der Waals surface area contributed by atoms with Gasteiger partial charge in [-0.15, -0.1) is 12.4 Å². The van der Waals surface area contributed by atoms with Gasteiger partial charge in [-0.3, -0.25) is 4.79 Å². The number of rotatable bonds is 9. The summed E-state index contributed by atoms with van der Waals surface area (Å²) in [5.74, 6) is 0.0410. The van der Waals surface area contributed by atoms with E-state index in [2.05, 4.69) is 21.3 Å². The molecule has 136 valence electrons. The molecule has 0 aromatic heterocycles. The minimum absolute atomic E-state index is 0. The van der Waals surface area contributed by atoms with Crippen molar-refractivity contribution in [2.45, 2.75) is 70.9 Å². The standard InChI is InChI=1S/C16H32N4O2.ClH/c1-3-17-13(2)12-19-15(21)10-7-11-18-16(22)20-14-8-5-4-6-9-14;/h13-14,17H,3-12H2,1-2H3,(H,19,21)(H2,18,20,22);1H/t13-;/m1./s1. The third-order valence-electron chi connectivity index (χ3n) is 3.96. The summed E-state index contributed by atoms with van der Waals surface area (Å²) >= 11 is 0. The van der Waals surface area contributed by atoms with Crippen molar-refractivity contribution in [2.24, 2.45) is 0 Å². The Bertz CT molecular complexity index is 336. The molecule has 4 N–H and O–H groups in total. The van der Waals surface area contributed by atoms with Crippen LogP contribution in [-0.2, 0) is 4.79 Å². The number of carbonyl (C=O) groups excluding carboxylic acids is 2. The molecule has 1 atom stereocenters. The van der Waals surface area contributed by atoms with Crippen molar-refractivity contribution in [1.82, 2.24) is 21.3 Å². The van der Waals surface area contributed by atoms with E-state index >= 15 is 0 Å². The Labute approximate surface area is 146 Å². The van der Waals surface area contributed by atoms with Crippen molar-refractivity contribution >= 4 is 24.3 Å². The van der Waals surface area contributed by atoms with Crippen molar-refractivity contribution in [1.29, 1.82) is 0 Å².